The van der Waals surface area contributed by atoms with E-state index in [-0.39, 0.29) is 24.1 Å². The van der Waals surface area contributed by atoms with Crippen molar-refractivity contribution in [3.05, 3.63) is 28.8 Å². The Bertz CT molecular complexity index is 956. The van der Waals surface area contributed by atoms with Crippen molar-refractivity contribution in [1.29, 1.82) is 0 Å². The molecule has 0 saturated carbocycles. The predicted molar refractivity (Wildman–Crippen MR) is 104 cm³/mol. The molecule has 0 unspecified atom stereocenters. The maximum absolute atomic E-state index is 13.5. The highest BCUT2D eigenvalue weighted by Gasteiger charge is 2.74. The summed E-state index contributed by atoms with van der Waals surface area (Å²) in [5, 5.41) is 5.06. The van der Waals surface area contributed by atoms with Gasteiger partial charge in [0, 0.05) is 29.0 Å². The Morgan fingerprint density at radius 3 is 2.59 bits per heavy atom. The molecule has 4 atom stereocenters. The molecule has 1 aromatic rings. The number of imide groups is 1. The van der Waals surface area contributed by atoms with E-state index in [2.05, 4.69) is 5.32 Å². The van der Waals surface area contributed by atoms with Crippen LogP contribution < -0.4 is 16.4 Å². The maximum Gasteiger partial charge on any atom is 0.291 e. The van der Waals surface area contributed by atoms with Crippen LogP contribution in [0, 0.1) is 11.8 Å². The molecule has 3 heterocycles. The zero-order chi connectivity index (χ0) is 21.3. The van der Waals surface area contributed by atoms with Gasteiger partial charge in [0.25, 0.3) is 5.91 Å². The van der Waals surface area contributed by atoms with Gasteiger partial charge in [0.1, 0.15) is 17.9 Å². The number of hydrogen-bond acceptors (Lipinski definition) is 4. The Kier molecular flexibility index (Phi) is 4.29. The number of quaternary nitrogens is 1. The summed E-state index contributed by atoms with van der Waals surface area (Å²) in [4.78, 5) is 52.7. The molecule has 1 spiro atoms. The fourth-order valence-electron chi connectivity index (χ4n) is 5.17. The first-order valence-electron chi connectivity index (χ1n) is 9.62. The number of amides is 4. The molecule has 154 valence electrons. The van der Waals surface area contributed by atoms with E-state index < -0.39 is 34.9 Å². The molecule has 0 bridgehead atoms. The lowest BCUT2D eigenvalue weighted by atomic mass is 9.76. The van der Waals surface area contributed by atoms with E-state index in [0.717, 1.165) is 0 Å². The van der Waals surface area contributed by atoms with Crippen LogP contribution in [0.25, 0.3) is 0 Å². The number of nitrogens with zero attached hydrogens (tertiary/aromatic N) is 1. The van der Waals surface area contributed by atoms with Gasteiger partial charge in [-0.15, -0.1) is 0 Å². The van der Waals surface area contributed by atoms with Gasteiger partial charge in [0.15, 0.2) is 0 Å². The highest BCUT2D eigenvalue weighted by atomic mass is 35.5. The second-order valence-corrected chi connectivity index (χ2v) is 9.47. The molecule has 0 radical (unpaired) electrons. The van der Waals surface area contributed by atoms with Crippen LogP contribution in [-0.4, -0.2) is 40.1 Å². The van der Waals surface area contributed by atoms with Gasteiger partial charge in [-0.25, -0.2) is 0 Å². The van der Waals surface area contributed by atoms with Gasteiger partial charge in [-0.2, -0.15) is 0 Å². The summed E-state index contributed by atoms with van der Waals surface area (Å²) < 4.78 is 0. The van der Waals surface area contributed by atoms with E-state index in [4.69, 9.17) is 17.3 Å². The molecule has 4 amide bonds. The van der Waals surface area contributed by atoms with Crippen LogP contribution in [0.15, 0.2) is 18.2 Å². The molecular formula is C20H24ClN4O4+. The van der Waals surface area contributed by atoms with E-state index in [1.165, 1.54) is 4.90 Å². The molecule has 1 aromatic carbocycles. The maximum atomic E-state index is 13.5. The second-order valence-electron chi connectivity index (χ2n) is 9.03. The Hall–Kier alpha value is -2.45. The molecule has 29 heavy (non-hydrogen) atoms. The number of carbonyl (C=O) groups is 4. The molecular weight excluding hydrogens is 396 g/mol. The highest BCUT2D eigenvalue weighted by molar-refractivity contribution is 6.31. The number of likely N-dealkylation sites (tertiary alicyclic amines) is 1. The largest absolute Gasteiger partial charge is 0.370 e. The van der Waals surface area contributed by atoms with Crippen molar-refractivity contribution in [1.82, 2.24) is 4.90 Å². The molecule has 8 nitrogen and oxygen atoms in total. The molecule has 9 heteroatoms. The van der Waals surface area contributed by atoms with Crippen molar-refractivity contribution >= 4 is 40.9 Å². The van der Waals surface area contributed by atoms with Gasteiger partial charge in [-0.3, -0.25) is 24.1 Å². The number of halogens is 1. The zero-order valence-corrected chi connectivity index (χ0v) is 17.2. The Labute approximate surface area is 173 Å². The number of rotatable bonds is 3. The Morgan fingerprint density at radius 1 is 1.28 bits per heavy atom. The third kappa shape index (κ3) is 2.69. The number of nitrogens with two attached hydrogens (primary N) is 2. The summed E-state index contributed by atoms with van der Waals surface area (Å²) in [6, 6.07) is 4.62. The number of anilines is 1. The standard InChI is InChI=1S/C20H23ClN4O4/c1-19(2,3)25-16(27)14-12(6-7-13(22)26)24-20(15(14)17(25)28)10-8-9(21)4-5-11(10)23-18(20)29/h4-5,8,12,14-15,24H,6-7H2,1-3H3,(H2,22,26)(H,23,29)/p+1/t12-,14-,15+,20-/m1/s1. The van der Waals surface area contributed by atoms with Crippen LogP contribution >= 0.6 is 11.6 Å². The number of hydrogen-bond donors (Lipinski definition) is 3. The van der Waals surface area contributed by atoms with E-state index in [1.807, 2.05) is 0 Å². The van der Waals surface area contributed by atoms with E-state index >= 15 is 0 Å². The number of primary amides is 1. The zero-order valence-electron chi connectivity index (χ0n) is 16.5. The van der Waals surface area contributed by atoms with E-state index in [1.54, 1.807) is 44.3 Å². The lowest BCUT2D eigenvalue weighted by molar-refractivity contribution is -0.734. The molecule has 2 fully saturated rings. The van der Waals surface area contributed by atoms with Crippen molar-refractivity contribution in [2.24, 2.45) is 17.6 Å². The van der Waals surface area contributed by atoms with Crippen LogP contribution in [0.2, 0.25) is 5.02 Å². The minimum Gasteiger partial charge on any atom is -0.370 e. The average Bonchev–Trinajstić information content (AvgIpc) is 3.18. The minimum atomic E-state index is -1.29. The summed E-state index contributed by atoms with van der Waals surface area (Å²) in [6.07, 6.45) is 0.375. The van der Waals surface area contributed by atoms with Gasteiger partial charge in [-0.05, 0) is 39.0 Å². The van der Waals surface area contributed by atoms with Gasteiger partial charge in [-0.1, -0.05) is 11.6 Å². The second kappa shape index (κ2) is 6.27. The lowest BCUT2D eigenvalue weighted by Gasteiger charge is -2.33. The Balaban J connectivity index is 1.88. The van der Waals surface area contributed by atoms with Crippen LogP contribution in [0.3, 0.4) is 0 Å². The first-order valence-corrected chi connectivity index (χ1v) is 10.00. The summed E-state index contributed by atoms with van der Waals surface area (Å²) in [5.74, 6) is -3.09. The number of carbonyl (C=O) groups excluding carboxylic acids is 4. The quantitative estimate of drug-likeness (QED) is 0.600. The van der Waals surface area contributed by atoms with Gasteiger partial charge in [0.2, 0.25) is 23.3 Å². The fraction of sp³-hybridized carbons (Fsp3) is 0.500. The normalized spacial score (nSPS) is 30.7. The number of nitrogens with one attached hydrogen (secondary N) is 1. The number of benzene rings is 1. The first kappa shape index (κ1) is 19.8. The third-order valence-corrected chi connectivity index (χ3v) is 6.46. The van der Waals surface area contributed by atoms with Crippen molar-refractivity contribution < 1.29 is 24.5 Å². The summed E-state index contributed by atoms with van der Waals surface area (Å²) in [6.45, 7) is 5.37. The van der Waals surface area contributed by atoms with Crippen LogP contribution in [0.5, 0.6) is 0 Å². The Morgan fingerprint density at radius 2 is 1.97 bits per heavy atom. The highest BCUT2D eigenvalue weighted by Crippen LogP contribution is 2.51. The summed E-state index contributed by atoms with van der Waals surface area (Å²) >= 11 is 6.20. The molecule has 5 N–H and O–H groups in total. The van der Waals surface area contributed by atoms with E-state index in [9.17, 15) is 19.2 Å². The molecule has 4 rings (SSSR count). The van der Waals surface area contributed by atoms with Crippen molar-refractivity contribution in [2.45, 2.75) is 50.7 Å². The van der Waals surface area contributed by atoms with Crippen molar-refractivity contribution in [3.8, 4) is 0 Å². The summed E-state index contributed by atoms with van der Waals surface area (Å²) in [7, 11) is 0. The predicted octanol–water partition coefficient (Wildman–Crippen LogP) is 0.0982. The van der Waals surface area contributed by atoms with Crippen molar-refractivity contribution in [2.75, 3.05) is 5.32 Å². The molecule has 2 saturated heterocycles. The minimum absolute atomic E-state index is 0.0709. The van der Waals surface area contributed by atoms with Gasteiger partial charge >= 0.3 is 0 Å². The van der Waals surface area contributed by atoms with E-state index in [0.29, 0.717) is 22.7 Å². The van der Waals surface area contributed by atoms with Gasteiger partial charge < -0.3 is 16.4 Å². The van der Waals surface area contributed by atoms with Gasteiger partial charge in [0.05, 0.1) is 5.69 Å². The topological polar surface area (TPSA) is 126 Å². The smallest absolute Gasteiger partial charge is 0.291 e. The molecule has 0 aliphatic carbocycles. The average molecular weight is 420 g/mol. The number of fused-ring (bicyclic) bond motifs is 4. The van der Waals surface area contributed by atoms with Crippen LogP contribution in [0.1, 0.15) is 39.2 Å². The third-order valence-electron chi connectivity index (χ3n) is 6.23. The van der Waals surface area contributed by atoms with Crippen LogP contribution in [0.4, 0.5) is 5.69 Å². The molecule has 0 aromatic heterocycles. The van der Waals surface area contributed by atoms with Crippen molar-refractivity contribution in [3.63, 3.8) is 0 Å². The molecule has 3 aliphatic heterocycles. The summed E-state index contributed by atoms with van der Waals surface area (Å²) in [5.41, 5.74) is 4.49. The molecule has 3 aliphatic rings. The first-order chi connectivity index (χ1) is 13.5. The lowest BCUT2D eigenvalue weighted by Crippen LogP contribution is -2.99. The fourth-order valence-corrected chi connectivity index (χ4v) is 5.34. The van der Waals surface area contributed by atoms with Crippen LogP contribution in [-0.2, 0) is 24.7 Å². The SMILES string of the molecule is CC(C)(C)N1C(=O)[C@H]2[C@@H](C1=O)[C@@]1([NH2+][C@@H]2CCC(N)=O)C(=O)Nc2ccc(Cl)cc21. The monoisotopic (exact) mass is 419 g/mol.